The van der Waals surface area contributed by atoms with Gasteiger partial charge >= 0.3 is 5.97 Å². The van der Waals surface area contributed by atoms with Crippen LogP contribution in [0.4, 0.5) is 0 Å². The Hall–Kier alpha value is -1.43. The Labute approximate surface area is 117 Å². The van der Waals surface area contributed by atoms with Crippen molar-refractivity contribution in [3.63, 3.8) is 0 Å². The van der Waals surface area contributed by atoms with Gasteiger partial charge in [-0.05, 0) is 33.6 Å². The SMILES string of the molecule is CCCc1nc(C)c(C(=O)N(C)C(C)(C)C(=O)O)s1. The van der Waals surface area contributed by atoms with Crippen LogP contribution >= 0.6 is 11.3 Å². The number of aryl methyl sites for hydroxylation is 2. The van der Waals surface area contributed by atoms with Gasteiger partial charge in [0.1, 0.15) is 10.4 Å². The number of hydrogen-bond acceptors (Lipinski definition) is 4. The normalized spacial score (nSPS) is 11.4. The van der Waals surface area contributed by atoms with Crippen LogP contribution < -0.4 is 0 Å². The molecule has 0 aliphatic rings. The summed E-state index contributed by atoms with van der Waals surface area (Å²) in [5.74, 6) is -1.32. The van der Waals surface area contributed by atoms with Gasteiger partial charge in [-0.1, -0.05) is 6.92 Å². The molecule has 1 aromatic rings. The van der Waals surface area contributed by atoms with Crippen molar-refractivity contribution in [1.82, 2.24) is 9.88 Å². The Kier molecular flexibility index (Phi) is 4.68. The first kappa shape index (κ1) is 15.6. The van der Waals surface area contributed by atoms with Crippen molar-refractivity contribution in [2.75, 3.05) is 7.05 Å². The molecule has 0 aromatic carbocycles. The molecule has 0 aliphatic carbocycles. The molecule has 0 unspecified atom stereocenters. The highest BCUT2D eigenvalue weighted by molar-refractivity contribution is 7.13. The van der Waals surface area contributed by atoms with Gasteiger partial charge in [-0.25, -0.2) is 9.78 Å². The highest BCUT2D eigenvalue weighted by Crippen LogP contribution is 2.24. The third-order valence-corrected chi connectivity index (χ3v) is 4.37. The quantitative estimate of drug-likeness (QED) is 0.901. The van der Waals surface area contributed by atoms with Gasteiger partial charge in [-0.3, -0.25) is 4.79 Å². The van der Waals surface area contributed by atoms with Crippen LogP contribution in [-0.4, -0.2) is 39.5 Å². The lowest BCUT2D eigenvalue weighted by atomic mass is 10.0. The lowest BCUT2D eigenvalue weighted by Gasteiger charge is -2.31. The standard InChI is InChI=1S/C13H20N2O3S/c1-6-7-9-14-8(2)10(19-9)11(16)15(5)13(3,4)12(17)18/h6-7H2,1-5H3,(H,17,18). The molecule has 0 aliphatic heterocycles. The maximum absolute atomic E-state index is 12.4. The number of nitrogens with zero attached hydrogens (tertiary/aromatic N) is 2. The van der Waals surface area contributed by atoms with Gasteiger partial charge in [-0.2, -0.15) is 0 Å². The fraction of sp³-hybridized carbons (Fsp3) is 0.615. The minimum atomic E-state index is -1.24. The lowest BCUT2D eigenvalue weighted by Crippen LogP contribution is -2.50. The monoisotopic (exact) mass is 284 g/mol. The number of hydrogen-bond donors (Lipinski definition) is 1. The molecular weight excluding hydrogens is 264 g/mol. The van der Waals surface area contributed by atoms with Crippen LogP contribution in [0.1, 0.15) is 47.6 Å². The van der Waals surface area contributed by atoms with Crippen molar-refractivity contribution >= 4 is 23.2 Å². The van der Waals surface area contributed by atoms with Crippen LogP contribution in [0.3, 0.4) is 0 Å². The first-order chi connectivity index (χ1) is 8.71. The summed E-state index contributed by atoms with van der Waals surface area (Å²) in [4.78, 5) is 29.7. The molecule has 0 spiro atoms. The number of aromatic nitrogens is 1. The fourth-order valence-corrected chi connectivity index (χ4v) is 2.66. The average Bonchev–Trinajstić information content (AvgIpc) is 2.68. The summed E-state index contributed by atoms with van der Waals surface area (Å²) in [6, 6.07) is 0. The maximum atomic E-state index is 12.4. The number of aliphatic carboxylic acids is 1. The topological polar surface area (TPSA) is 70.5 Å². The Morgan fingerprint density at radius 2 is 2.00 bits per heavy atom. The average molecular weight is 284 g/mol. The molecular formula is C13H20N2O3S. The van der Waals surface area contributed by atoms with Gasteiger partial charge in [0.05, 0.1) is 10.7 Å². The highest BCUT2D eigenvalue weighted by atomic mass is 32.1. The number of carboxylic acids is 1. The summed E-state index contributed by atoms with van der Waals surface area (Å²) in [6.45, 7) is 6.86. The van der Waals surface area contributed by atoms with Gasteiger partial charge in [0.25, 0.3) is 5.91 Å². The van der Waals surface area contributed by atoms with Gasteiger partial charge in [0, 0.05) is 7.05 Å². The summed E-state index contributed by atoms with van der Waals surface area (Å²) in [7, 11) is 1.51. The van der Waals surface area contributed by atoms with Crippen molar-refractivity contribution in [3.05, 3.63) is 15.6 Å². The number of thiazole rings is 1. The van der Waals surface area contributed by atoms with Gasteiger partial charge < -0.3 is 10.0 Å². The highest BCUT2D eigenvalue weighted by Gasteiger charge is 2.36. The predicted molar refractivity (Wildman–Crippen MR) is 74.7 cm³/mol. The van der Waals surface area contributed by atoms with Crippen molar-refractivity contribution in [3.8, 4) is 0 Å². The molecule has 0 fully saturated rings. The van der Waals surface area contributed by atoms with Crippen molar-refractivity contribution in [2.45, 2.75) is 46.1 Å². The minimum absolute atomic E-state index is 0.287. The Bertz CT molecular complexity index is 494. The molecule has 106 valence electrons. The smallest absolute Gasteiger partial charge is 0.329 e. The van der Waals surface area contributed by atoms with Gasteiger partial charge in [-0.15, -0.1) is 11.3 Å². The largest absolute Gasteiger partial charge is 0.480 e. The molecule has 6 heteroatoms. The van der Waals surface area contributed by atoms with E-state index in [9.17, 15) is 9.59 Å². The van der Waals surface area contributed by atoms with Crippen LogP contribution in [0.25, 0.3) is 0 Å². The predicted octanol–water partition coefficient (Wildman–Crippen LogP) is 2.34. The molecule has 0 bridgehead atoms. The fourth-order valence-electron chi connectivity index (χ4n) is 1.52. The molecule has 5 nitrogen and oxygen atoms in total. The van der Waals surface area contributed by atoms with Crippen molar-refractivity contribution in [2.24, 2.45) is 0 Å². The van der Waals surface area contributed by atoms with Gasteiger partial charge in [0.2, 0.25) is 0 Å². The first-order valence-electron chi connectivity index (χ1n) is 6.19. The summed E-state index contributed by atoms with van der Waals surface area (Å²) >= 11 is 1.35. The molecule has 0 atom stereocenters. The van der Waals surface area contributed by atoms with Crippen molar-refractivity contribution in [1.29, 1.82) is 0 Å². The summed E-state index contributed by atoms with van der Waals surface area (Å²) in [6.07, 6.45) is 1.81. The maximum Gasteiger partial charge on any atom is 0.329 e. The zero-order valence-electron chi connectivity index (χ0n) is 12.0. The number of carboxylic acid groups (broad SMARTS) is 1. The third kappa shape index (κ3) is 3.12. The molecule has 0 saturated heterocycles. The Morgan fingerprint density at radius 1 is 1.42 bits per heavy atom. The number of rotatable bonds is 5. The molecule has 19 heavy (non-hydrogen) atoms. The zero-order valence-corrected chi connectivity index (χ0v) is 12.8. The van der Waals surface area contributed by atoms with E-state index in [0.717, 1.165) is 17.8 Å². The van der Waals surface area contributed by atoms with E-state index in [1.165, 1.54) is 37.1 Å². The van der Waals surface area contributed by atoms with Crippen LogP contribution in [-0.2, 0) is 11.2 Å². The number of amides is 1. The summed E-state index contributed by atoms with van der Waals surface area (Å²) in [5.41, 5.74) is -0.565. The molecule has 0 radical (unpaired) electrons. The van der Waals surface area contributed by atoms with E-state index >= 15 is 0 Å². The second kappa shape index (κ2) is 5.69. The first-order valence-corrected chi connectivity index (χ1v) is 7.01. The third-order valence-electron chi connectivity index (χ3n) is 3.17. The minimum Gasteiger partial charge on any atom is -0.480 e. The van der Waals surface area contributed by atoms with Crippen LogP contribution in [0.5, 0.6) is 0 Å². The number of carbonyl (C=O) groups excluding carboxylic acids is 1. The van der Waals surface area contributed by atoms with E-state index in [1.807, 2.05) is 0 Å². The van der Waals surface area contributed by atoms with Crippen LogP contribution in [0.2, 0.25) is 0 Å². The zero-order chi connectivity index (χ0) is 14.8. The number of likely N-dealkylation sites (N-methyl/N-ethyl adjacent to an activating group) is 1. The van der Waals surface area contributed by atoms with Crippen LogP contribution in [0, 0.1) is 6.92 Å². The van der Waals surface area contributed by atoms with E-state index in [4.69, 9.17) is 5.11 Å². The van der Waals surface area contributed by atoms with E-state index in [1.54, 1.807) is 6.92 Å². The van der Waals surface area contributed by atoms with Crippen molar-refractivity contribution < 1.29 is 14.7 Å². The van der Waals surface area contributed by atoms with E-state index in [0.29, 0.717) is 10.6 Å². The van der Waals surface area contributed by atoms with E-state index in [2.05, 4.69) is 11.9 Å². The lowest BCUT2D eigenvalue weighted by molar-refractivity contribution is -0.147. The summed E-state index contributed by atoms with van der Waals surface area (Å²) in [5, 5.41) is 10.1. The number of carbonyl (C=O) groups is 2. The second-order valence-corrected chi connectivity index (χ2v) is 6.08. The molecule has 1 aromatic heterocycles. The summed E-state index contributed by atoms with van der Waals surface area (Å²) < 4.78 is 0. The molecule has 1 heterocycles. The molecule has 1 rings (SSSR count). The molecule has 0 saturated carbocycles. The Morgan fingerprint density at radius 3 is 2.47 bits per heavy atom. The Balaban J connectivity index is 3.03. The second-order valence-electron chi connectivity index (χ2n) is 5.00. The van der Waals surface area contributed by atoms with Crippen LogP contribution in [0.15, 0.2) is 0 Å². The van der Waals surface area contributed by atoms with E-state index < -0.39 is 11.5 Å². The van der Waals surface area contributed by atoms with E-state index in [-0.39, 0.29) is 5.91 Å². The molecule has 1 amide bonds. The molecule has 1 N–H and O–H groups in total. The van der Waals surface area contributed by atoms with Gasteiger partial charge in [0.15, 0.2) is 0 Å².